The van der Waals surface area contributed by atoms with Gasteiger partial charge in [-0.3, -0.25) is 0 Å². The fourth-order valence-electron chi connectivity index (χ4n) is 2.47. The van der Waals surface area contributed by atoms with Gasteiger partial charge in [-0.15, -0.1) is 0 Å². The Morgan fingerprint density at radius 3 is 2.42 bits per heavy atom. The molecule has 3 N–H and O–H groups in total. The lowest BCUT2D eigenvalue weighted by atomic mass is 9.93. The van der Waals surface area contributed by atoms with Crippen molar-refractivity contribution in [2.24, 2.45) is 5.73 Å². The van der Waals surface area contributed by atoms with E-state index in [-0.39, 0.29) is 6.04 Å². The van der Waals surface area contributed by atoms with E-state index in [1.54, 1.807) is 0 Å². The predicted octanol–water partition coefficient (Wildman–Crippen LogP) is 1.68. The van der Waals surface area contributed by atoms with E-state index in [9.17, 15) is 5.11 Å². The summed E-state index contributed by atoms with van der Waals surface area (Å²) >= 11 is 0. The molecule has 4 heteroatoms. The Hall–Kier alpha value is -1.10. The standard InChI is InChI=1S/C15H24N2O2/c1-12(16)13-3-5-14(6-4-13)17(2)11-15(18)7-9-19-10-8-15/h3-6,12,18H,7-11,16H2,1-2H3/t12-/m0/s1. The Morgan fingerprint density at radius 2 is 1.89 bits per heavy atom. The number of nitrogens with two attached hydrogens (primary N) is 1. The third-order valence-electron chi connectivity index (χ3n) is 3.81. The number of anilines is 1. The fourth-order valence-corrected chi connectivity index (χ4v) is 2.47. The molecule has 19 heavy (non-hydrogen) atoms. The van der Waals surface area contributed by atoms with Crippen molar-refractivity contribution in [1.29, 1.82) is 0 Å². The molecule has 2 rings (SSSR count). The molecule has 0 bridgehead atoms. The molecule has 1 aromatic carbocycles. The predicted molar refractivity (Wildman–Crippen MR) is 77.3 cm³/mol. The molecule has 1 atom stereocenters. The summed E-state index contributed by atoms with van der Waals surface area (Å²) in [4.78, 5) is 2.09. The van der Waals surface area contributed by atoms with Crippen LogP contribution in [0, 0.1) is 0 Å². The van der Waals surface area contributed by atoms with Gasteiger partial charge < -0.3 is 20.5 Å². The first-order valence-electron chi connectivity index (χ1n) is 6.87. The van der Waals surface area contributed by atoms with Gasteiger partial charge in [-0.05, 0) is 24.6 Å². The second-order valence-electron chi connectivity index (χ2n) is 5.57. The van der Waals surface area contributed by atoms with E-state index < -0.39 is 5.60 Å². The maximum absolute atomic E-state index is 10.5. The summed E-state index contributed by atoms with van der Waals surface area (Å²) in [6, 6.07) is 8.26. The van der Waals surface area contributed by atoms with Crippen LogP contribution in [0.4, 0.5) is 5.69 Å². The molecular formula is C15H24N2O2. The highest BCUT2D eigenvalue weighted by Crippen LogP contribution is 2.24. The van der Waals surface area contributed by atoms with Gasteiger partial charge in [0.15, 0.2) is 0 Å². The van der Waals surface area contributed by atoms with Crippen LogP contribution < -0.4 is 10.6 Å². The summed E-state index contributed by atoms with van der Waals surface area (Å²) in [5.74, 6) is 0. The van der Waals surface area contributed by atoms with E-state index in [1.165, 1.54) is 0 Å². The highest BCUT2D eigenvalue weighted by molar-refractivity contribution is 5.47. The molecule has 0 aliphatic carbocycles. The minimum absolute atomic E-state index is 0.0547. The van der Waals surface area contributed by atoms with Crippen molar-refractivity contribution < 1.29 is 9.84 Å². The Bertz CT molecular complexity index is 397. The number of aliphatic hydroxyl groups is 1. The molecule has 0 radical (unpaired) electrons. The van der Waals surface area contributed by atoms with Crippen LogP contribution in [0.1, 0.15) is 31.4 Å². The van der Waals surface area contributed by atoms with Crippen molar-refractivity contribution >= 4 is 5.69 Å². The van der Waals surface area contributed by atoms with Gasteiger partial charge >= 0.3 is 0 Å². The zero-order valence-corrected chi connectivity index (χ0v) is 11.8. The zero-order valence-electron chi connectivity index (χ0n) is 11.8. The van der Waals surface area contributed by atoms with Crippen molar-refractivity contribution in [3.05, 3.63) is 29.8 Å². The van der Waals surface area contributed by atoms with Gasteiger partial charge in [0, 0.05) is 51.4 Å². The van der Waals surface area contributed by atoms with E-state index in [2.05, 4.69) is 17.0 Å². The molecular weight excluding hydrogens is 240 g/mol. The molecule has 0 aromatic heterocycles. The fraction of sp³-hybridized carbons (Fsp3) is 0.600. The second kappa shape index (κ2) is 5.90. The Kier molecular flexibility index (Phi) is 4.45. The normalized spacial score (nSPS) is 20.0. The van der Waals surface area contributed by atoms with Crippen molar-refractivity contribution in [3.8, 4) is 0 Å². The first kappa shape index (κ1) is 14.3. The first-order valence-corrected chi connectivity index (χ1v) is 6.87. The first-order chi connectivity index (χ1) is 9.00. The summed E-state index contributed by atoms with van der Waals surface area (Å²) in [5.41, 5.74) is 7.44. The Labute approximate surface area is 115 Å². The number of rotatable bonds is 4. The maximum Gasteiger partial charge on any atom is 0.0865 e. The Morgan fingerprint density at radius 1 is 1.32 bits per heavy atom. The monoisotopic (exact) mass is 264 g/mol. The number of benzene rings is 1. The summed E-state index contributed by atoms with van der Waals surface area (Å²) in [6.45, 7) is 3.90. The molecule has 106 valence electrons. The lowest BCUT2D eigenvalue weighted by molar-refractivity contribution is -0.0572. The summed E-state index contributed by atoms with van der Waals surface area (Å²) in [5, 5.41) is 10.5. The minimum Gasteiger partial charge on any atom is -0.388 e. The summed E-state index contributed by atoms with van der Waals surface area (Å²) in [6.07, 6.45) is 1.41. The van der Waals surface area contributed by atoms with Crippen LogP contribution in [0.15, 0.2) is 24.3 Å². The topological polar surface area (TPSA) is 58.7 Å². The zero-order chi connectivity index (χ0) is 13.9. The summed E-state index contributed by atoms with van der Waals surface area (Å²) < 4.78 is 5.30. The van der Waals surface area contributed by atoms with Crippen molar-refractivity contribution in [2.75, 3.05) is 31.7 Å². The average molecular weight is 264 g/mol. The van der Waals surface area contributed by atoms with Gasteiger partial charge in [-0.2, -0.15) is 0 Å². The second-order valence-corrected chi connectivity index (χ2v) is 5.57. The highest BCUT2D eigenvalue weighted by Gasteiger charge is 2.31. The molecule has 0 spiro atoms. The van der Waals surface area contributed by atoms with Crippen LogP contribution in [0.3, 0.4) is 0 Å². The van der Waals surface area contributed by atoms with Crippen LogP contribution in [0.25, 0.3) is 0 Å². The number of ether oxygens (including phenoxy) is 1. The highest BCUT2D eigenvalue weighted by atomic mass is 16.5. The molecule has 0 amide bonds. The number of hydrogen-bond donors (Lipinski definition) is 2. The lowest BCUT2D eigenvalue weighted by Crippen LogP contribution is -2.45. The molecule has 1 aliphatic rings. The minimum atomic E-state index is -0.632. The number of hydrogen-bond acceptors (Lipinski definition) is 4. The number of nitrogens with zero attached hydrogens (tertiary/aromatic N) is 1. The maximum atomic E-state index is 10.5. The van der Waals surface area contributed by atoms with Gasteiger partial charge in [-0.25, -0.2) is 0 Å². The molecule has 0 saturated carbocycles. The van der Waals surface area contributed by atoms with Crippen LogP contribution in [0.2, 0.25) is 0 Å². The number of likely N-dealkylation sites (N-methyl/N-ethyl adjacent to an activating group) is 1. The third-order valence-corrected chi connectivity index (χ3v) is 3.81. The summed E-state index contributed by atoms with van der Waals surface area (Å²) in [7, 11) is 2.01. The van der Waals surface area contributed by atoms with E-state index in [0.29, 0.717) is 32.6 Å². The van der Waals surface area contributed by atoms with Gasteiger partial charge in [0.25, 0.3) is 0 Å². The molecule has 1 aliphatic heterocycles. The van der Waals surface area contributed by atoms with Crippen LogP contribution in [-0.2, 0) is 4.74 Å². The van der Waals surface area contributed by atoms with E-state index >= 15 is 0 Å². The SMILES string of the molecule is C[C@H](N)c1ccc(N(C)CC2(O)CCOCC2)cc1. The molecule has 1 heterocycles. The van der Waals surface area contributed by atoms with E-state index in [4.69, 9.17) is 10.5 Å². The molecule has 4 nitrogen and oxygen atoms in total. The average Bonchev–Trinajstić information content (AvgIpc) is 2.39. The van der Waals surface area contributed by atoms with Crippen molar-refractivity contribution in [3.63, 3.8) is 0 Å². The van der Waals surface area contributed by atoms with Gasteiger partial charge in [0.1, 0.15) is 0 Å². The van der Waals surface area contributed by atoms with Gasteiger partial charge in [-0.1, -0.05) is 12.1 Å². The van der Waals surface area contributed by atoms with Crippen molar-refractivity contribution in [2.45, 2.75) is 31.4 Å². The smallest absolute Gasteiger partial charge is 0.0865 e. The van der Waals surface area contributed by atoms with Gasteiger partial charge in [0.05, 0.1) is 5.60 Å². The van der Waals surface area contributed by atoms with E-state index in [0.717, 1.165) is 11.3 Å². The lowest BCUT2D eigenvalue weighted by Gasteiger charge is -2.36. The molecule has 1 saturated heterocycles. The van der Waals surface area contributed by atoms with Crippen LogP contribution in [0.5, 0.6) is 0 Å². The third kappa shape index (κ3) is 3.69. The molecule has 1 fully saturated rings. The van der Waals surface area contributed by atoms with Crippen LogP contribution >= 0.6 is 0 Å². The van der Waals surface area contributed by atoms with Gasteiger partial charge in [0.2, 0.25) is 0 Å². The largest absolute Gasteiger partial charge is 0.388 e. The molecule has 0 unspecified atom stereocenters. The van der Waals surface area contributed by atoms with E-state index in [1.807, 2.05) is 26.1 Å². The quantitative estimate of drug-likeness (QED) is 0.869. The van der Waals surface area contributed by atoms with Crippen LogP contribution in [-0.4, -0.2) is 37.5 Å². The molecule has 1 aromatic rings. The van der Waals surface area contributed by atoms with Crippen molar-refractivity contribution in [1.82, 2.24) is 0 Å². The Balaban J connectivity index is 2.00.